The Morgan fingerprint density at radius 3 is 2.95 bits per heavy atom. The van der Waals surface area contributed by atoms with Gasteiger partial charge in [-0.2, -0.15) is 0 Å². The average Bonchev–Trinajstić information content (AvgIpc) is 3.08. The zero-order valence-electron chi connectivity index (χ0n) is 11.3. The number of hydrogen-bond donors (Lipinski definition) is 1. The highest BCUT2D eigenvalue weighted by Gasteiger charge is 2.12. The highest BCUT2D eigenvalue weighted by molar-refractivity contribution is 7.12. The maximum absolute atomic E-state index is 11.8. The van der Waals surface area contributed by atoms with Crippen molar-refractivity contribution in [2.75, 3.05) is 0 Å². The molecule has 20 heavy (non-hydrogen) atoms. The van der Waals surface area contributed by atoms with E-state index in [-0.39, 0.29) is 30.6 Å². The lowest BCUT2D eigenvalue weighted by atomic mass is 10.2. The third-order valence-corrected chi connectivity index (χ3v) is 3.74. The Balaban J connectivity index is 1.71. The highest BCUT2D eigenvalue weighted by atomic mass is 32.1. The standard InChI is InChI=1S/C14H17N3O2S/c1-11(9-17-7-6-15-10-17)16-14(19)5-4-12(18)13-3-2-8-20-13/h2-3,6-8,10-11H,4-5,9H2,1H3,(H,16,19)/t11-/m1/s1. The van der Waals surface area contributed by atoms with Crippen LogP contribution in [0.1, 0.15) is 29.4 Å². The molecule has 6 heteroatoms. The molecule has 0 aliphatic carbocycles. The van der Waals surface area contributed by atoms with Crippen LogP contribution in [0.5, 0.6) is 0 Å². The Morgan fingerprint density at radius 1 is 1.45 bits per heavy atom. The van der Waals surface area contributed by atoms with E-state index in [4.69, 9.17) is 0 Å². The number of rotatable bonds is 7. The van der Waals surface area contributed by atoms with E-state index >= 15 is 0 Å². The van der Waals surface area contributed by atoms with Crippen LogP contribution in [-0.4, -0.2) is 27.3 Å². The number of amides is 1. The minimum atomic E-state index is -0.0949. The second-order valence-corrected chi connectivity index (χ2v) is 5.58. The molecule has 0 aromatic carbocycles. The van der Waals surface area contributed by atoms with E-state index in [0.717, 1.165) is 0 Å². The lowest BCUT2D eigenvalue weighted by Crippen LogP contribution is -2.35. The first kappa shape index (κ1) is 14.5. The third kappa shape index (κ3) is 4.31. The van der Waals surface area contributed by atoms with Crippen molar-refractivity contribution >= 4 is 23.0 Å². The van der Waals surface area contributed by atoms with E-state index in [9.17, 15) is 9.59 Å². The minimum absolute atomic E-state index is 0.00791. The van der Waals surface area contributed by atoms with Gasteiger partial charge in [-0.1, -0.05) is 6.07 Å². The minimum Gasteiger partial charge on any atom is -0.352 e. The van der Waals surface area contributed by atoms with Gasteiger partial charge in [-0.15, -0.1) is 11.3 Å². The Hall–Kier alpha value is -1.95. The molecule has 0 spiro atoms. The summed E-state index contributed by atoms with van der Waals surface area (Å²) >= 11 is 1.41. The van der Waals surface area contributed by atoms with Crippen LogP contribution >= 0.6 is 11.3 Å². The molecule has 2 aromatic rings. The maximum Gasteiger partial charge on any atom is 0.220 e. The van der Waals surface area contributed by atoms with Gasteiger partial charge in [0.15, 0.2) is 5.78 Å². The van der Waals surface area contributed by atoms with Gasteiger partial charge in [0, 0.05) is 37.8 Å². The maximum atomic E-state index is 11.8. The van der Waals surface area contributed by atoms with Crippen LogP contribution in [0.3, 0.4) is 0 Å². The van der Waals surface area contributed by atoms with Crippen molar-refractivity contribution in [3.05, 3.63) is 41.1 Å². The summed E-state index contributed by atoms with van der Waals surface area (Å²) in [6, 6.07) is 3.63. The first-order valence-electron chi connectivity index (χ1n) is 6.47. The van der Waals surface area contributed by atoms with Crippen molar-refractivity contribution in [2.24, 2.45) is 0 Å². The predicted octanol–water partition coefficient (Wildman–Crippen LogP) is 2.11. The summed E-state index contributed by atoms with van der Waals surface area (Å²) in [6.07, 6.45) is 5.75. The second-order valence-electron chi connectivity index (χ2n) is 4.63. The number of thiophene rings is 1. The lowest BCUT2D eigenvalue weighted by Gasteiger charge is -2.14. The van der Waals surface area contributed by atoms with Gasteiger partial charge in [0.2, 0.25) is 5.91 Å². The fraction of sp³-hybridized carbons (Fsp3) is 0.357. The first-order chi connectivity index (χ1) is 9.65. The number of Topliss-reactive ketones (excluding diaryl/α,β-unsaturated/α-hetero) is 1. The van der Waals surface area contributed by atoms with Crippen molar-refractivity contribution in [3.8, 4) is 0 Å². The molecule has 1 amide bonds. The molecule has 2 rings (SSSR count). The van der Waals surface area contributed by atoms with Crippen LogP contribution in [0.15, 0.2) is 36.2 Å². The van der Waals surface area contributed by atoms with Crippen LogP contribution < -0.4 is 5.32 Å². The summed E-state index contributed by atoms with van der Waals surface area (Å²) in [7, 11) is 0. The predicted molar refractivity (Wildman–Crippen MR) is 77.7 cm³/mol. The van der Waals surface area contributed by atoms with E-state index in [1.807, 2.05) is 29.1 Å². The van der Waals surface area contributed by atoms with Crippen LogP contribution in [0, 0.1) is 0 Å². The largest absolute Gasteiger partial charge is 0.352 e. The molecule has 0 bridgehead atoms. The number of carbonyl (C=O) groups excluding carboxylic acids is 2. The van der Waals surface area contributed by atoms with E-state index in [1.165, 1.54) is 11.3 Å². The number of imidazole rings is 1. The van der Waals surface area contributed by atoms with E-state index in [2.05, 4.69) is 10.3 Å². The van der Waals surface area contributed by atoms with Gasteiger partial charge in [0.05, 0.1) is 11.2 Å². The van der Waals surface area contributed by atoms with Gasteiger partial charge in [0.25, 0.3) is 0 Å². The Bertz CT molecular complexity index is 549. The SMILES string of the molecule is C[C@H](Cn1ccnc1)NC(=O)CCC(=O)c1cccs1. The monoisotopic (exact) mass is 291 g/mol. The molecule has 0 fully saturated rings. The van der Waals surface area contributed by atoms with Gasteiger partial charge in [0.1, 0.15) is 0 Å². The fourth-order valence-corrected chi connectivity index (χ4v) is 2.59. The molecule has 2 heterocycles. The summed E-state index contributed by atoms with van der Waals surface area (Å²) in [4.78, 5) is 28.2. The summed E-state index contributed by atoms with van der Waals surface area (Å²) in [6.45, 7) is 2.60. The molecule has 0 aliphatic heterocycles. The average molecular weight is 291 g/mol. The Kier molecular flexibility index (Phi) is 5.06. The molecule has 0 unspecified atom stereocenters. The Labute approximate surface area is 121 Å². The first-order valence-corrected chi connectivity index (χ1v) is 7.35. The molecule has 0 aliphatic rings. The van der Waals surface area contributed by atoms with Crippen LogP contribution in [0.4, 0.5) is 0 Å². The second kappa shape index (κ2) is 7.00. The van der Waals surface area contributed by atoms with Crippen molar-refractivity contribution in [3.63, 3.8) is 0 Å². The topological polar surface area (TPSA) is 64.0 Å². The molecule has 5 nitrogen and oxygen atoms in total. The number of ketones is 1. The molecule has 106 valence electrons. The molecule has 1 N–H and O–H groups in total. The zero-order chi connectivity index (χ0) is 14.4. The van der Waals surface area contributed by atoms with Crippen molar-refractivity contribution in [1.29, 1.82) is 0 Å². The molecule has 2 aromatic heterocycles. The van der Waals surface area contributed by atoms with Crippen LogP contribution in [0.25, 0.3) is 0 Å². The molecule has 0 saturated carbocycles. The summed E-state index contributed by atoms with van der Waals surface area (Å²) in [5, 5.41) is 4.74. The fourth-order valence-electron chi connectivity index (χ4n) is 1.89. The number of carbonyl (C=O) groups is 2. The van der Waals surface area contributed by atoms with Gasteiger partial charge in [-0.25, -0.2) is 4.98 Å². The molecule has 0 saturated heterocycles. The van der Waals surface area contributed by atoms with Crippen LogP contribution in [0.2, 0.25) is 0 Å². The number of nitrogens with zero attached hydrogens (tertiary/aromatic N) is 2. The molecular formula is C14H17N3O2S. The van der Waals surface area contributed by atoms with E-state index < -0.39 is 0 Å². The summed E-state index contributed by atoms with van der Waals surface area (Å²) in [5.41, 5.74) is 0. The van der Waals surface area contributed by atoms with Crippen molar-refractivity contribution in [2.45, 2.75) is 32.4 Å². The smallest absolute Gasteiger partial charge is 0.220 e. The lowest BCUT2D eigenvalue weighted by molar-refractivity contribution is -0.121. The van der Waals surface area contributed by atoms with Gasteiger partial charge >= 0.3 is 0 Å². The van der Waals surface area contributed by atoms with Gasteiger partial charge in [-0.05, 0) is 18.4 Å². The van der Waals surface area contributed by atoms with Gasteiger partial charge in [-0.3, -0.25) is 9.59 Å². The van der Waals surface area contributed by atoms with Crippen molar-refractivity contribution in [1.82, 2.24) is 14.9 Å². The molecule has 0 radical (unpaired) electrons. The molecular weight excluding hydrogens is 274 g/mol. The van der Waals surface area contributed by atoms with Crippen molar-refractivity contribution < 1.29 is 9.59 Å². The van der Waals surface area contributed by atoms with Gasteiger partial charge < -0.3 is 9.88 Å². The third-order valence-electron chi connectivity index (χ3n) is 2.83. The molecule has 1 atom stereocenters. The van der Waals surface area contributed by atoms with Crippen LogP contribution in [-0.2, 0) is 11.3 Å². The van der Waals surface area contributed by atoms with E-state index in [1.54, 1.807) is 18.6 Å². The quantitative estimate of drug-likeness (QED) is 0.795. The summed E-state index contributed by atoms with van der Waals surface area (Å²) < 4.78 is 1.90. The zero-order valence-corrected chi connectivity index (χ0v) is 12.1. The highest BCUT2D eigenvalue weighted by Crippen LogP contribution is 2.12. The Morgan fingerprint density at radius 2 is 2.30 bits per heavy atom. The normalized spacial score (nSPS) is 12.1. The van der Waals surface area contributed by atoms with E-state index in [0.29, 0.717) is 11.4 Å². The number of nitrogens with one attached hydrogen (secondary N) is 1. The summed E-state index contributed by atoms with van der Waals surface area (Å²) in [5.74, 6) is -0.0695. The number of hydrogen-bond acceptors (Lipinski definition) is 4. The number of aromatic nitrogens is 2.